The van der Waals surface area contributed by atoms with Crippen molar-refractivity contribution in [1.29, 1.82) is 0 Å². The number of carbonyl (C=O) groups is 8. The Morgan fingerprint density at radius 1 is 0.703 bits per heavy atom. The van der Waals surface area contributed by atoms with Crippen LogP contribution < -0.4 is 60.2 Å². The second-order valence-corrected chi connectivity index (χ2v) is 18.2. The number of aromatic amines is 2. The summed E-state index contributed by atoms with van der Waals surface area (Å²) in [4.78, 5) is 130. The molecule has 2 aromatic heterocycles. The highest BCUT2D eigenvalue weighted by Gasteiger charge is 2.34. The number of H-pyrrole nitrogens is 2. The summed E-state index contributed by atoms with van der Waals surface area (Å²) < 4.78 is 0. The fraction of sp³-hybridized carbons (Fsp3) is 0.460. The standard InChI is InChI=1S/C50H70N16O8/c1-30(67)61-37(17-10-22-57-49(51)52)44(70)63-39-20-19-34(68)14-6-3-9-21-56-43(69)41(25-32-27-59-36-16-8-7-15-35(32)36)65-45(71)38(18-11-23-58-50(53)54)62-47(73)40(24-31-12-4-2-5-13-31)64-48(74)42(66-46(39)72)26-33-28-55-29-60-33/h2,4-5,7-8,12-13,15-16,27-29,37-42,59H,3,6,9-11,14,17-26H2,1H3,(H,55,60)(H,56,69)(H,61,67)(H,62,73)(H,63,70)(H,64,74)(H,65,71)(H,66,72)(H4,51,52,57)(H4,53,54,58)/t37-,38-,39-,40+,41-,42-/m0/s1. The Bertz CT molecular complexity index is 2580. The van der Waals surface area contributed by atoms with E-state index in [0.717, 1.165) is 16.5 Å². The highest BCUT2D eigenvalue weighted by atomic mass is 16.2. The molecular formula is C50H70N16O8. The minimum atomic E-state index is -1.40. The zero-order valence-electron chi connectivity index (χ0n) is 41.6. The van der Waals surface area contributed by atoms with Gasteiger partial charge in [-0.1, -0.05) is 55.0 Å². The van der Waals surface area contributed by atoms with Crippen molar-refractivity contribution in [2.45, 2.75) is 127 Å². The van der Waals surface area contributed by atoms with E-state index in [-0.39, 0.29) is 102 Å². The lowest BCUT2D eigenvalue weighted by Gasteiger charge is -2.28. The van der Waals surface area contributed by atoms with E-state index in [9.17, 15) is 38.4 Å². The van der Waals surface area contributed by atoms with Crippen LogP contribution in [0.25, 0.3) is 10.9 Å². The maximum atomic E-state index is 14.7. The molecule has 0 spiro atoms. The van der Waals surface area contributed by atoms with Crippen LogP contribution in [0.4, 0.5) is 0 Å². The molecule has 3 heterocycles. The first kappa shape index (κ1) is 56.6. The molecule has 398 valence electrons. The van der Waals surface area contributed by atoms with Gasteiger partial charge in [0.15, 0.2) is 11.9 Å². The Morgan fingerprint density at radius 3 is 2.03 bits per heavy atom. The van der Waals surface area contributed by atoms with E-state index in [2.05, 4.69) is 62.2 Å². The summed E-state index contributed by atoms with van der Waals surface area (Å²) in [7, 11) is 0. The number of nitrogens with one attached hydrogen (secondary N) is 9. The highest BCUT2D eigenvalue weighted by molar-refractivity contribution is 5.98. The van der Waals surface area contributed by atoms with Crippen LogP contribution in [0.1, 0.15) is 88.0 Å². The number of nitrogens with zero attached hydrogens (tertiary/aromatic N) is 3. The van der Waals surface area contributed by atoms with E-state index in [0.29, 0.717) is 30.5 Å². The average Bonchev–Trinajstić information content (AvgIpc) is 4.04. The van der Waals surface area contributed by atoms with Crippen molar-refractivity contribution in [3.8, 4) is 0 Å². The molecule has 4 aromatic rings. The lowest BCUT2D eigenvalue weighted by Crippen LogP contribution is -2.60. The van der Waals surface area contributed by atoms with E-state index >= 15 is 0 Å². The van der Waals surface area contributed by atoms with Gasteiger partial charge in [0.05, 0.1) is 6.33 Å². The van der Waals surface area contributed by atoms with Crippen molar-refractivity contribution in [1.82, 2.24) is 52.2 Å². The molecule has 24 nitrogen and oxygen atoms in total. The van der Waals surface area contributed by atoms with E-state index in [1.807, 2.05) is 24.3 Å². The Kier molecular flexibility index (Phi) is 22.4. The van der Waals surface area contributed by atoms with E-state index in [1.54, 1.807) is 36.5 Å². The predicted molar refractivity (Wildman–Crippen MR) is 277 cm³/mol. The summed E-state index contributed by atoms with van der Waals surface area (Å²) in [6.07, 6.45) is 6.42. The number of aliphatic imine (C=N–C) groups is 2. The highest BCUT2D eigenvalue weighted by Crippen LogP contribution is 2.20. The molecule has 5 rings (SSSR count). The van der Waals surface area contributed by atoms with Crippen LogP contribution in [0, 0.1) is 0 Å². The molecule has 24 heteroatoms. The number of para-hydroxylation sites is 1. The number of Topliss-reactive ketones (excluding diaryl/α,β-unsaturated/α-hetero) is 1. The zero-order chi connectivity index (χ0) is 53.4. The molecule has 1 saturated heterocycles. The monoisotopic (exact) mass is 1020 g/mol. The first-order valence-corrected chi connectivity index (χ1v) is 24.8. The van der Waals surface area contributed by atoms with Crippen molar-refractivity contribution in [3.05, 3.63) is 90.1 Å². The lowest BCUT2D eigenvalue weighted by molar-refractivity contribution is -0.135. The predicted octanol–water partition coefficient (Wildman–Crippen LogP) is -1.01. The molecular weight excluding hydrogens is 953 g/mol. The number of benzene rings is 2. The largest absolute Gasteiger partial charge is 0.370 e. The van der Waals surface area contributed by atoms with Gasteiger partial charge in [0, 0.05) is 87.7 Å². The summed E-state index contributed by atoms with van der Waals surface area (Å²) in [5, 5.41) is 20.3. The summed E-state index contributed by atoms with van der Waals surface area (Å²) in [5.74, 6) is -5.33. The number of aromatic nitrogens is 3. The van der Waals surface area contributed by atoms with Crippen molar-refractivity contribution >= 4 is 70.0 Å². The third-order valence-electron chi connectivity index (χ3n) is 12.3. The molecule has 0 bridgehead atoms. The molecule has 0 unspecified atom stereocenters. The van der Waals surface area contributed by atoms with Gasteiger partial charge in [-0.2, -0.15) is 0 Å². The van der Waals surface area contributed by atoms with Crippen LogP contribution in [0.15, 0.2) is 83.3 Å². The topological polar surface area (TPSA) is 394 Å². The van der Waals surface area contributed by atoms with E-state index in [4.69, 9.17) is 22.9 Å². The third kappa shape index (κ3) is 19.0. The minimum absolute atomic E-state index is 0.0190. The van der Waals surface area contributed by atoms with Crippen LogP contribution in [0.2, 0.25) is 0 Å². The summed E-state index contributed by atoms with van der Waals surface area (Å²) >= 11 is 0. The molecule has 1 aliphatic rings. The minimum Gasteiger partial charge on any atom is -0.370 e. The molecule has 7 amide bonds. The normalized spacial score (nSPS) is 20.4. The first-order chi connectivity index (χ1) is 35.6. The number of carbonyl (C=O) groups excluding carboxylic acids is 8. The van der Waals surface area contributed by atoms with Gasteiger partial charge in [-0.05, 0) is 62.1 Å². The average molecular weight is 1020 g/mol. The van der Waals surface area contributed by atoms with Gasteiger partial charge in [0.1, 0.15) is 42.0 Å². The lowest BCUT2D eigenvalue weighted by atomic mass is 10.0. The third-order valence-corrected chi connectivity index (χ3v) is 12.3. The molecule has 0 aliphatic carbocycles. The molecule has 1 aliphatic heterocycles. The number of hydrogen-bond donors (Lipinski definition) is 13. The van der Waals surface area contributed by atoms with Crippen molar-refractivity contribution in [2.24, 2.45) is 32.9 Å². The van der Waals surface area contributed by atoms with Gasteiger partial charge in [-0.15, -0.1) is 0 Å². The number of guanidine groups is 2. The summed E-state index contributed by atoms with van der Waals surface area (Å²) in [6.45, 7) is 1.73. The second kappa shape index (κ2) is 29.3. The number of ketones is 1. The first-order valence-electron chi connectivity index (χ1n) is 24.8. The Morgan fingerprint density at radius 2 is 1.34 bits per heavy atom. The molecule has 1 fully saturated rings. The fourth-order valence-electron chi connectivity index (χ4n) is 8.42. The van der Waals surface area contributed by atoms with Gasteiger partial charge in [0.25, 0.3) is 0 Å². The molecule has 2 aromatic carbocycles. The van der Waals surface area contributed by atoms with Crippen LogP contribution in [0.5, 0.6) is 0 Å². The van der Waals surface area contributed by atoms with Crippen molar-refractivity contribution < 1.29 is 38.4 Å². The van der Waals surface area contributed by atoms with Crippen molar-refractivity contribution in [3.63, 3.8) is 0 Å². The zero-order valence-corrected chi connectivity index (χ0v) is 41.6. The molecule has 0 radical (unpaired) electrons. The summed E-state index contributed by atoms with van der Waals surface area (Å²) in [5.41, 5.74) is 24.8. The number of nitrogens with two attached hydrogens (primary N) is 4. The van der Waals surface area contributed by atoms with Crippen LogP contribution in [-0.2, 0) is 57.6 Å². The van der Waals surface area contributed by atoms with Crippen molar-refractivity contribution in [2.75, 3.05) is 19.6 Å². The van der Waals surface area contributed by atoms with Crippen LogP contribution >= 0.6 is 0 Å². The number of amides is 7. The summed E-state index contributed by atoms with van der Waals surface area (Å²) in [6, 6.07) is 8.73. The molecule has 0 saturated carbocycles. The molecule has 17 N–H and O–H groups in total. The van der Waals surface area contributed by atoms with Gasteiger partial charge < -0.3 is 70.1 Å². The van der Waals surface area contributed by atoms with Gasteiger partial charge in [0.2, 0.25) is 41.4 Å². The van der Waals surface area contributed by atoms with Crippen LogP contribution in [0.3, 0.4) is 0 Å². The smallest absolute Gasteiger partial charge is 0.243 e. The number of hydrogen-bond acceptors (Lipinski definition) is 11. The second-order valence-electron chi connectivity index (χ2n) is 18.2. The Hall–Kier alpha value is -8.31. The maximum Gasteiger partial charge on any atom is 0.243 e. The van der Waals surface area contributed by atoms with E-state index < -0.39 is 77.6 Å². The fourth-order valence-corrected chi connectivity index (χ4v) is 8.42. The maximum absolute atomic E-state index is 14.7. The number of imidazole rings is 1. The number of fused-ring (bicyclic) bond motifs is 1. The molecule has 6 atom stereocenters. The number of rotatable bonds is 17. The van der Waals surface area contributed by atoms with Gasteiger partial charge >= 0.3 is 0 Å². The van der Waals surface area contributed by atoms with Crippen LogP contribution in [-0.4, -0.2) is 130 Å². The SMILES string of the molecule is CC(=O)N[C@@H](CCCN=C(N)N)C(=O)N[C@H]1CCC(=O)CCCCCNC(=O)[C@H](Cc2c[nH]c3ccccc23)NC(=O)[C@H](CCCN=C(N)N)NC(=O)[C@@H](Cc2ccccc2)NC(=O)[C@H](Cc2cnc[nH]2)NC1=O. The van der Waals surface area contributed by atoms with Gasteiger partial charge in [-0.25, -0.2) is 4.98 Å². The molecule has 74 heavy (non-hydrogen) atoms. The Balaban J connectivity index is 1.50. The van der Waals surface area contributed by atoms with Gasteiger partial charge in [-0.3, -0.25) is 48.3 Å². The van der Waals surface area contributed by atoms with E-state index in [1.165, 1.54) is 19.4 Å². The Labute approximate surface area is 428 Å². The quantitative estimate of drug-likeness (QED) is 0.0343.